The van der Waals surface area contributed by atoms with Crippen LogP contribution in [0.15, 0.2) is 24.3 Å². The molecule has 2 aliphatic rings. The van der Waals surface area contributed by atoms with E-state index in [1.807, 2.05) is 18.2 Å². The molecule has 0 radical (unpaired) electrons. The molecule has 1 aromatic carbocycles. The number of nitrogens with one attached hydrogen (secondary N) is 1. The maximum atomic E-state index is 12.4. The van der Waals surface area contributed by atoms with Crippen molar-refractivity contribution in [3.05, 3.63) is 34.9 Å². The van der Waals surface area contributed by atoms with E-state index in [1.165, 1.54) is 18.4 Å². The van der Waals surface area contributed by atoms with Crippen LogP contribution in [0.1, 0.15) is 43.6 Å². The Bertz CT molecular complexity index is 515. The topological polar surface area (TPSA) is 55.1 Å². The second-order valence-corrected chi connectivity index (χ2v) is 6.62. The minimum Gasteiger partial charge on any atom is -0.349 e. The lowest BCUT2D eigenvalue weighted by atomic mass is 9.97. The van der Waals surface area contributed by atoms with E-state index in [0.29, 0.717) is 12.5 Å². The molecule has 2 atom stereocenters. The van der Waals surface area contributed by atoms with Crippen molar-refractivity contribution in [2.75, 3.05) is 6.54 Å². The minimum absolute atomic E-state index is 0. The monoisotopic (exact) mass is 328 g/mol. The van der Waals surface area contributed by atoms with Gasteiger partial charge in [-0.05, 0) is 42.9 Å². The molecule has 116 valence electrons. The van der Waals surface area contributed by atoms with Gasteiger partial charge in [-0.1, -0.05) is 36.6 Å². The van der Waals surface area contributed by atoms with Crippen LogP contribution in [-0.2, 0) is 4.79 Å². The first kappa shape index (κ1) is 16.6. The fourth-order valence-electron chi connectivity index (χ4n) is 3.38. The Morgan fingerprint density at radius 1 is 1.38 bits per heavy atom. The summed E-state index contributed by atoms with van der Waals surface area (Å²) in [5.74, 6) is 0.588. The van der Waals surface area contributed by atoms with Gasteiger partial charge in [-0.25, -0.2) is 0 Å². The van der Waals surface area contributed by atoms with Gasteiger partial charge in [0.05, 0.1) is 5.54 Å². The Morgan fingerprint density at radius 2 is 2.10 bits per heavy atom. The predicted octanol–water partition coefficient (Wildman–Crippen LogP) is 3.25. The van der Waals surface area contributed by atoms with Crippen LogP contribution < -0.4 is 11.1 Å². The van der Waals surface area contributed by atoms with Gasteiger partial charge in [0.25, 0.3) is 0 Å². The molecule has 0 spiro atoms. The van der Waals surface area contributed by atoms with E-state index in [9.17, 15) is 4.79 Å². The van der Waals surface area contributed by atoms with Crippen LogP contribution in [0, 0.1) is 5.92 Å². The number of halogens is 2. The van der Waals surface area contributed by atoms with Crippen LogP contribution in [0.25, 0.3) is 0 Å². The van der Waals surface area contributed by atoms with Gasteiger partial charge >= 0.3 is 0 Å². The number of amides is 1. The lowest BCUT2D eigenvalue weighted by Gasteiger charge is -2.28. The van der Waals surface area contributed by atoms with Crippen LogP contribution in [0.5, 0.6) is 0 Å². The molecule has 2 aliphatic carbocycles. The van der Waals surface area contributed by atoms with E-state index in [0.717, 1.165) is 24.3 Å². The van der Waals surface area contributed by atoms with Gasteiger partial charge in [-0.2, -0.15) is 0 Å². The SMILES string of the molecule is Cl.NCC1(NC(=O)C2CC2c2cccc(Cl)c2)CCCC1. The van der Waals surface area contributed by atoms with Gasteiger partial charge in [0.1, 0.15) is 0 Å². The van der Waals surface area contributed by atoms with Crippen molar-refractivity contribution in [2.45, 2.75) is 43.6 Å². The second kappa shape index (κ2) is 6.55. The van der Waals surface area contributed by atoms with Crippen molar-refractivity contribution in [3.8, 4) is 0 Å². The molecule has 1 amide bonds. The molecule has 5 heteroatoms. The fourth-order valence-corrected chi connectivity index (χ4v) is 3.58. The Balaban J connectivity index is 0.00000161. The highest BCUT2D eigenvalue weighted by atomic mass is 35.5. The summed E-state index contributed by atoms with van der Waals surface area (Å²) < 4.78 is 0. The van der Waals surface area contributed by atoms with Gasteiger partial charge in [0.2, 0.25) is 5.91 Å². The van der Waals surface area contributed by atoms with Gasteiger partial charge in [-0.3, -0.25) is 4.79 Å². The molecule has 2 saturated carbocycles. The summed E-state index contributed by atoms with van der Waals surface area (Å²) in [6.07, 6.45) is 5.29. The number of rotatable bonds is 4. The van der Waals surface area contributed by atoms with Crippen LogP contribution in [0.4, 0.5) is 0 Å². The van der Waals surface area contributed by atoms with Crippen LogP contribution in [0.2, 0.25) is 5.02 Å². The molecule has 21 heavy (non-hydrogen) atoms. The standard InChI is InChI=1S/C16H21ClN2O.ClH/c17-12-5-3-4-11(8-12)13-9-14(13)15(20)19-16(10-18)6-1-2-7-16;/h3-5,8,13-14H,1-2,6-7,9-10,18H2,(H,19,20);1H. The zero-order valence-electron chi connectivity index (χ0n) is 12.0. The summed E-state index contributed by atoms with van der Waals surface area (Å²) in [6, 6.07) is 7.83. The first-order chi connectivity index (χ1) is 9.63. The Kier molecular flexibility index (Phi) is 5.18. The molecule has 3 N–H and O–H groups in total. The molecular formula is C16H22Cl2N2O. The lowest BCUT2D eigenvalue weighted by Crippen LogP contribution is -2.52. The largest absolute Gasteiger partial charge is 0.349 e. The van der Waals surface area contributed by atoms with Crippen molar-refractivity contribution >= 4 is 29.9 Å². The summed E-state index contributed by atoms with van der Waals surface area (Å²) >= 11 is 6.01. The molecule has 0 aliphatic heterocycles. The lowest BCUT2D eigenvalue weighted by molar-refractivity contribution is -0.124. The van der Waals surface area contributed by atoms with E-state index in [1.54, 1.807) is 0 Å². The number of carbonyl (C=O) groups is 1. The summed E-state index contributed by atoms with van der Waals surface area (Å²) in [5, 5.41) is 3.96. The van der Waals surface area contributed by atoms with Crippen molar-refractivity contribution in [1.29, 1.82) is 0 Å². The first-order valence-electron chi connectivity index (χ1n) is 7.41. The molecule has 3 rings (SSSR count). The maximum Gasteiger partial charge on any atom is 0.224 e. The van der Waals surface area contributed by atoms with E-state index in [2.05, 4.69) is 11.4 Å². The number of hydrogen-bond acceptors (Lipinski definition) is 2. The maximum absolute atomic E-state index is 12.4. The first-order valence-corrected chi connectivity index (χ1v) is 7.79. The average molecular weight is 329 g/mol. The molecular weight excluding hydrogens is 307 g/mol. The van der Waals surface area contributed by atoms with Crippen LogP contribution >= 0.6 is 24.0 Å². The molecule has 0 heterocycles. The molecule has 0 aromatic heterocycles. The number of benzene rings is 1. The molecule has 2 unspecified atom stereocenters. The summed E-state index contributed by atoms with van der Waals surface area (Å²) in [7, 11) is 0. The predicted molar refractivity (Wildman–Crippen MR) is 87.9 cm³/mol. The van der Waals surface area contributed by atoms with Crippen molar-refractivity contribution in [3.63, 3.8) is 0 Å². The van der Waals surface area contributed by atoms with Crippen molar-refractivity contribution < 1.29 is 4.79 Å². The van der Waals surface area contributed by atoms with E-state index >= 15 is 0 Å². The minimum atomic E-state index is -0.140. The quantitative estimate of drug-likeness (QED) is 0.891. The number of nitrogens with two attached hydrogens (primary N) is 1. The average Bonchev–Trinajstić information content (AvgIpc) is 3.13. The Labute approximate surface area is 137 Å². The van der Waals surface area contributed by atoms with E-state index < -0.39 is 0 Å². The highest BCUT2D eigenvalue weighted by Crippen LogP contribution is 2.48. The van der Waals surface area contributed by atoms with Gasteiger partial charge in [0.15, 0.2) is 0 Å². The molecule has 0 bridgehead atoms. The highest BCUT2D eigenvalue weighted by molar-refractivity contribution is 6.30. The number of carbonyl (C=O) groups excluding carboxylic acids is 1. The van der Waals surface area contributed by atoms with Crippen molar-refractivity contribution in [1.82, 2.24) is 5.32 Å². The third-order valence-corrected chi connectivity index (χ3v) is 4.98. The van der Waals surface area contributed by atoms with Crippen LogP contribution in [-0.4, -0.2) is 18.0 Å². The van der Waals surface area contributed by atoms with E-state index in [4.69, 9.17) is 17.3 Å². The summed E-state index contributed by atoms with van der Waals surface area (Å²) in [6.45, 7) is 0.549. The van der Waals surface area contributed by atoms with E-state index in [-0.39, 0.29) is 29.8 Å². The summed E-state index contributed by atoms with van der Waals surface area (Å²) in [4.78, 5) is 12.4. The molecule has 3 nitrogen and oxygen atoms in total. The van der Waals surface area contributed by atoms with Crippen molar-refractivity contribution in [2.24, 2.45) is 11.7 Å². The third kappa shape index (κ3) is 3.53. The summed E-state index contributed by atoms with van der Waals surface area (Å²) in [5.41, 5.74) is 6.90. The van der Waals surface area contributed by atoms with Gasteiger partial charge in [-0.15, -0.1) is 12.4 Å². The van der Waals surface area contributed by atoms with Gasteiger partial charge in [0, 0.05) is 17.5 Å². The Morgan fingerprint density at radius 3 is 2.71 bits per heavy atom. The second-order valence-electron chi connectivity index (χ2n) is 6.18. The fraction of sp³-hybridized carbons (Fsp3) is 0.562. The normalized spacial score (nSPS) is 26.0. The smallest absolute Gasteiger partial charge is 0.224 e. The van der Waals surface area contributed by atoms with Crippen LogP contribution in [0.3, 0.4) is 0 Å². The molecule has 2 fully saturated rings. The zero-order chi connectivity index (χ0) is 14.2. The number of hydrogen-bond donors (Lipinski definition) is 2. The highest BCUT2D eigenvalue weighted by Gasteiger charge is 2.46. The molecule has 0 saturated heterocycles. The Hall–Kier alpha value is -0.770. The molecule has 1 aromatic rings. The zero-order valence-corrected chi connectivity index (χ0v) is 13.6. The van der Waals surface area contributed by atoms with Gasteiger partial charge < -0.3 is 11.1 Å². The third-order valence-electron chi connectivity index (χ3n) is 4.74.